The smallest absolute Gasteiger partial charge is 0.320 e. The topological polar surface area (TPSA) is 111 Å². The highest BCUT2D eigenvalue weighted by Crippen LogP contribution is 2.31. The van der Waals surface area contributed by atoms with E-state index in [1.807, 2.05) is 28.0 Å². The molecule has 0 saturated carbocycles. The van der Waals surface area contributed by atoms with E-state index in [0.717, 1.165) is 36.8 Å². The SMILES string of the molecule is O=C(NNC(=O)c1ccccc1Cl)c1csc(C2CCN(C(=O)N3CCN(c4ccccn4)CC3)CC2)n1. The third kappa shape index (κ3) is 5.89. The number of thiazole rings is 1. The van der Waals surface area contributed by atoms with Crippen LogP contribution in [0.25, 0.3) is 0 Å². The van der Waals surface area contributed by atoms with E-state index >= 15 is 0 Å². The number of hydrogen-bond donors (Lipinski definition) is 2. The fraction of sp³-hybridized carbons (Fsp3) is 0.346. The Balaban J connectivity index is 1.08. The Morgan fingerprint density at radius 2 is 1.55 bits per heavy atom. The summed E-state index contributed by atoms with van der Waals surface area (Å²) in [6.07, 6.45) is 3.37. The van der Waals surface area contributed by atoms with Crippen LogP contribution in [-0.2, 0) is 0 Å². The highest BCUT2D eigenvalue weighted by atomic mass is 35.5. The molecule has 2 aromatic heterocycles. The van der Waals surface area contributed by atoms with Gasteiger partial charge in [-0.3, -0.25) is 20.4 Å². The Labute approximate surface area is 229 Å². The number of carbonyl (C=O) groups excluding carboxylic acids is 3. The average Bonchev–Trinajstić information content (AvgIpc) is 3.47. The van der Waals surface area contributed by atoms with E-state index in [1.54, 1.807) is 35.8 Å². The monoisotopic (exact) mass is 553 g/mol. The molecule has 2 fully saturated rings. The second-order valence-corrected chi connectivity index (χ2v) is 10.5. The van der Waals surface area contributed by atoms with Crippen LogP contribution in [0.1, 0.15) is 44.6 Å². The maximum absolute atomic E-state index is 13.1. The third-order valence-electron chi connectivity index (χ3n) is 6.80. The van der Waals surface area contributed by atoms with Crippen molar-refractivity contribution in [3.63, 3.8) is 0 Å². The number of likely N-dealkylation sites (tertiary alicyclic amines) is 1. The first-order valence-electron chi connectivity index (χ1n) is 12.5. The van der Waals surface area contributed by atoms with E-state index in [4.69, 9.17) is 11.6 Å². The first-order valence-corrected chi connectivity index (χ1v) is 13.8. The van der Waals surface area contributed by atoms with Gasteiger partial charge in [-0.05, 0) is 37.1 Å². The first-order chi connectivity index (χ1) is 18.5. The lowest BCUT2D eigenvalue weighted by Crippen LogP contribution is -2.54. The Kier molecular flexibility index (Phi) is 8.04. The van der Waals surface area contributed by atoms with Crippen LogP contribution in [0.5, 0.6) is 0 Å². The largest absolute Gasteiger partial charge is 0.353 e. The van der Waals surface area contributed by atoms with E-state index in [0.29, 0.717) is 31.2 Å². The molecule has 0 aliphatic carbocycles. The number of amides is 4. The highest BCUT2D eigenvalue weighted by Gasteiger charge is 2.30. The van der Waals surface area contributed by atoms with Crippen LogP contribution in [0, 0.1) is 0 Å². The van der Waals surface area contributed by atoms with Crippen molar-refractivity contribution in [1.82, 2.24) is 30.6 Å². The number of piperidine rings is 1. The van der Waals surface area contributed by atoms with E-state index < -0.39 is 11.8 Å². The van der Waals surface area contributed by atoms with Gasteiger partial charge in [0, 0.05) is 56.8 Å². The predicted molar refractivity (Wildman–Crippen MR) is 145 cm³/mol. The van der Waals surface area contributed by atoms with E-state index in [9.17, 15) is 14.4 Å². The Bertz CT molecular complexity index is 1290. The maximum atomic E-state index is 13.1. The summed E-state index contributed by atoms with van der Waals surface area (Å²) in [5.41, 5.74) is 5.28. The lowest BCUT2D eigenvalue weighted by molar-refractivity contribution is 0.0844. The number of anilines is 1. The Hall–Kier alpha value is -3.70. The van der Waals surface area contributed by atoms with Crippen molar-refractivity contribution >= 4 is 46.6 Å². The predicted octanol–water partition coefficient (Wildman–Crippen LogP) is 3.39. The van der Waals surface area contributed by atoms with E-state index in [-0.39, 0.29) is 23.2 Å². The molecule has 1 aromatic carbocycles. The second kappa shape index (κ2) is 11.8. The maximum Gasteiger partial charge on any atom is 0.320 e. The number of piperazine rings is 1. The molecule has 5 rings (SSSR count). The number of aromatic nitrogens is 2. The summed E-state index contributed by atoms with van der Waals surface area (Å²) in [5.74, 6) is 0.129. The number of urea groups is 1. The molecule has 10 nitrogen and oxygen atoms in total. The van der Waals surface area contributed by atoms with Crippen LogP contribution in [0.15, 0.2) is 54.0 Å². The zero-order valence-electron chi connectivity index (χ0n) is 20.7. The molecule has 38 heavy (non-hydrogen) atoms. The summed E-state index contributed by atoms with van der Waals surface area (Å²) in [6, 6.07) is 12.5. The molecule has 3 aromatic rings. The molecule has 0 spiro atoms. The molecule has 12 heteroatoms. The van der Waals surface area contributed by atoms with Crippen LogP contribution < -0.4 is 15.8 Å². The van der Waals surface area contributed by atoms with Crippen molar-refractivity contribution < 1.29 is 14.4 Å². The van der Waals surface area contributed by atoms with Crippen molar-refractivity contribution in [2.24, 2.45) is 0 Å². The summed E-state index contributed by atoms with van der Waals surface area (Å²) in [6.45, 7) is 4.18. The third-order valence-corrected chi connectivity index (χ3v) is 8.14. The number of hydrazine groups is 1. The molecule has 198 valence electrons. The van der Waals surface area contributed by atoms with Gasteiger partial charge in [-0.1, -0.05) is 29.8 Å². The molecule has 0 atom stereocenters. The molecule has 4 heterocycles. The lowest BCUT2D eigenvalue weighted by atomic mass is 9.98. The van der Waals surface area contributed by atoms with Crippen molar-refractivity contribution in [3.05, 3.63) is 75.3 Å². The molecule has 2 aliphatic rings. The van der Waals surface area contributed by atoms with Gasteiger partial charge < -0.3 is 14.7 Å². The number of benzene rings is 1. The summed E-state index contributed by atoms with van der Waals surface area (Å²) in [4.78, 5) is 52.8. The van der Waals surface area contributed by atoms with Gasteiger partial charge in [-0.15, -0.1) is 11.3 Å². The molecule has 0 unspecified atom stereocenters. The standard InChI is InChI=1S/C26H28ClN7O3S/c27-20-6-2-1-5-19(20)23(35)30-31-24(36)21-17-38-25(29-21)18-8-11-33(12-9-18)26(37)34-15-13-32(14-16-34)22-7-3-4-10-28-22/h1-7,10,17-18H,8-9,11-16H2,(H,30,35)(H,31,36). The molecule has 2 aliphatic heterocycles. The number of nitrogens with one attached hydrogen (secondary N) is 2. The van der Waals surface area contributed by atoms with Crippen molar-refractivity contribution in [2.75, 3.05) is 44.2 Å². The van der Waals surface area contributed by atoms with Gasteiger partial charge in [0.1, 0.15) is 11.5 Å². The molecular formula is C26H28ClN7O3S. The number of hydrogen-bond acceptors (Lipinski definition) is 7. The molecule has 2 N–H and O–H groups in total. The van der Waals surface area contributed by atoms with E-state index in [2.05, 4.69) is 25.7 Å². The molecule has 4 amide bonds. The van der Waals surface area contributed by atoms with Gasteiger partial charge in [0.05, 0.1) is 15.6 Å². The van der Waals surface area contributed by atoms with Gasteiger partial charge >= 0.3 is 6.03 Å². The Morgan fingerprint density at radius 1 is 0.868 bits per heavy atom. The minimum atomic E-state index is -0.505. The lowest BCUT2D eigenvalue weighted by Gasteiger charge is -2.39. The number of rotatable bonds is 4. The Morgan fingerprint density at radius 3 is 2.26 bits per heavy atom. The molecular weight excluding hydrogens is 526 g/mol. The van der Waals surface area contributed by atoms with Gasteiger partial charge in [-0.25, -0.2) is 14.8 Å². The minimum absolute atomic E-state index is 0.0811. The summed E-state index contributed by atoms with van der Waals surface area (Å²) < 4.78 is 0. The summed E-state index contributed by atoms with van der Waals surface area (Å²) in [7, 11) is 0. The fourth-order valence-electron chi connectivity index (χ4n) is 4.66. The normalized spacial score (nSPS) is 16.3. The van der Waals surface area contributed by atoms with E-state index in [1.165, 1.54) is 11.3 Å². The molecule has 2 saturated heterocycles. The van der Waals surface area contributed by atoms with Gasteiger partial charge in [0.2, 0.25) is 0 Å². The minimum Gasteiger partial charge on any atom is -0.353 e. The van der Waals surface area contributed by atoms with Crippen LogP contribution in [-0.4, -0.2) is 76.9 Å². The number of nitrogens with zero attached hydrogens (tertiary/aromatic N) is 5. The van der Waals surface area contributed by atoms with Crippen LogP contribution >= 0.6 is 22.9 Å². The average molecular weight is 554 g/mol. The number of carbonyl (C=O) groups is 3. The number of halogens is 1. The first kappa shape index (κ1) is 25.9. The van der Waals surface area contributed by atoms with Gasteiger partial charge in [-0.2, -0.15) is 0 Å². The zero-order valence-corrected chi connectivity index (χ0v) is 22.2. The van der Waals surface area contributed by atoms with Crippen molar-refractivity contribution in [2.45, 2.75) is 18.8 Å². The van der Waals surface area contributed by atoms with Crippen LogP contribution in [0.2, 0.25) is 5.02 Å². The van der Waals surface area contributed by atoms with Crippen LogP contribution in [0.4, 0.5) is 10.6 Å². The number of pyridine rings is 1. The van der Waals surface area contributed by atoms with Crippen molar-refractivity contribution in [1.29, 1.82) is 0 Å². The summed E-state index contributed by atoms with van der Waals surface area (Å²) in [5, 5.41) is 2.85. The summed E-state index contributed by atoms with van der Waals surface area (Å²) >= 11 is 7.45. The highest BCUT2D eigenvalue weighted by molar-refractivity contribution is 7.09. The van der Waals surface area contributed by atoms with Gasteiger partial charge in [0.25, 0.3) is 11.8 Å². The fourth-order valence-corrected chi connectivity index (χ4v) is 5.85. The van der Waals surface area contributed by atoms with Gasteiger partial charge in [0.15, 0.2) is 0 Å². The quantitative estimate of drug-likeness (QED) is 0.479. The van der Waals surface area contributed by atoms with Crippen molar-refractivity contribution in [3.8, 4) is 0 Å². The molecule has 0 bridgehead atoms. The van der Waals surface area contributed by atoms with Crippen LogP contribution in [0.3, 0.4) is 0 Å². The zero-order chi connectivity index (χ0) is 26.5. The second-order valence-electron chi connectivity index (χ2n) is 9.17. The molecule has 0 radical (unpaired) electrons.